The first-order chi connectivity index (χ1) is 10.5. The molecule has 1 amide bonds. The van der Waals surface area contributed by atoms with Crippen LogP contribution in [0.3, 0.4) is 0 Å². The molecule has 2 atom stereocenters. The van der Waals surface area contributed by atoms with Crippen LogP contribution >= 0.6 is 0 Å². The predicted octanol–water partition coefficient (Wildman–Crippen LogP) is 1.23. The smallest absolute Gasteiger partial charge is 0.254 e. The fourth-order valence-electron chi connectivity index (χ4n) is 2.83. The van der Waals surface area contributed by atoms with Crippen LogP contribution in [0, 0.1) is 5.82 Å². The van der Waals surface area contributed by atoms with E-state index in [0.717, 1.165) is 0 Å². The van der Waals surface area contributed by atoms with Crippen molar-refractivity contribution >= 4 is 5.91 Å². The van der Waals surface area contributed by atoms with Gasteiger partial charge in [-0.25, -0.2) is 14.1 Å². The lowest BCUT2D eigenvalue weighted by molar-refractivity contribution is 0.0673. The fourth-order valence-corrected chi connectivity index (χ4v) is 2.83. The van der Waals surface area contributed by atoms with E-state index in [1.165, 1.54) is 23.4 Å². The average molecular weight is 303 g/mol. The van der Waals surface area contributed by atoms with Crippen molar-refractivity contribution in [2.45, 2.75) is 25.9 Å². The van der Waals surface area contributed by atoms with Gasteiger partial charge >= 0.3 is 0 Å². The van der Waals surface area contributed by atoms with Gasteiger partial charge in [-0.3, -0.25) is 4.79 Å². The molecule has 1 N–H and O–H groups in total. The van der Waals surface area contributed by atoms with Gasteiger partial charge in [0.15, 0.2) is 0 Å². The lowest BCUT2D eigenvalue weighted by Crippen LogP contribution is -2.55. The summed E-state index contributed by atoms with van der Waals surface area (Å²) in [6.45, 7) is 5.31. The number of nitrogens with one attached hydrogen (secondary N) is 1. The zero-order valence-corrected chi connectivity index (χ0v) is 12.5. The summed E-state index contributed by atoms with van der Waals surface area (Å²) in [5, 5.41) is 7.26. The molecule has 116 valence electrons. The second-order valence-corrected chi connectivity index (χ2v) is 5.69. The zero-order chi connectivity index (χ0) is 15.7. The Morgan fingerprint density at radius 3 is 2.64 bits per heavy atom. The zero-order valence-electron chi connectivity index (χ0n) is 12.5. The molecule has 0 radical (unpaired) electrons. The van der Waals surface area contributed by atoms with Gasteiger partial charge in [0.1, 0.15) is 24.2 Å². The Morgan fingerprint density at radius 2 is 2.05 bits per heavy atom. The number of aromatic nitrogens is 3. The van der Waals surface area contributed by atoms with Crippen molar-refractivity contribution in [1.82, 2.24) is 25.0 Å². The Bertz CT molecular complexity index is 663. The Kier molecular flexibility index (Phi) is 3.89. The van der Waals surface area contributed by atoms with Crippen LogP contribution in [-0.4, -0.2) is 50.7 Å². The van der Waals surface area contributed by atoms with Crippen LogP contribution in [0.25, 0.3) is 5.69 Å². The maximum absolute atomic E-state index is 14.2. The molecule has 0 saturated carbocycles. The Hall–Kier alpha value is -2.28. The molecule has 3 rings (SSSR count). The lowest BCUT2D eigenvalue weighted by atomic mass is 10.1. The molecule has 6 nitrogen and oxygen atoms in total. The third kappa shape index (κ3) is 2.85. The van der Waals surface area contributed by atoms with E-state index in [-0.39, 0.29) is 23.7 Å². The highest BCUT2D eigenvalue weighted by Gasteiger charge is 2.26. The number of benzene rings is 1. The normalized spacial score (nSPS) is 21.9. The van der Waals surface area contributed by atoms with Gasteiger partial charge in [-0.05, 0) is 32.0 Å². The summed E-state index contributed by atoms with van der Waals surface area (Å²) in [5.41, 5.74) is 0.624. The summed E-state index contributed by atoms with van der Waals surface area (Å²) in [7, 11) is 0. The maximum Gasteiger partial charge on any atom is 0.254 e. The summed E-state index contributed by atoms with van der Waals surface area (Å²) in [5.74, 6) is -0.642. The first-order valence-electron chi connectivity index (χ1n) is 7.24. The molecular formula is C15H18FN5O. The van der Waals surface area contributed by atoms with Gasteiger partial charge in [0.25, 0.3) is 5.91 Å². The molecule has 2 heterocycles. The van der Waals surface area contributed by atoms with Crippen LogP contribution in [0.4, 0.5) is 4.39 Å². The number of halogens is 1. The minimum Gasteiger partial charge on any atom is -0.336 e. The van der Waals surface area contributed by atoms with Crippen LogP contribution in [0.1, 0.15) is 24.2 Å². The van der Waals surface area contributed by atoms with E-state index in [4.69, 9.17) is 0 Å². The van der Waals surface area contributed by atoms with Crippen LogP contribution < -0.4 is 5.32 Å². The van der Waals surface area contributed by atoms with E-state index < -0.39 is 5.82 Å². The third-order valence-corrected chi connectivity index (χ3v) is 3.70. The minimum absolute atomic E-state index is 0.149. The molecule has 1 aliphatic heterocycles. The van der Waals surface area contributed by atoms with Crippen LogP contribution in [0.5, 0.6) is 0 Å². The van der Waals surface area contributed by atoms with Crippen molar-refractivity contribution < 1.29 is 9.18 Å². The summed E-state index contributed by atoms with van der Waals surface area (Å²) in [6.07, 6.45) is 2.75. The molecule has 1 aromatic carbocycles. The molecular weight excluding hydrogens is 285 g/mol. The second kappa shape index (κ2) is 5.84. The molecule has 1 saturated heterocycles. The first-order valence-corrected chi connectivity index (χ1v) is 7.24. The molecule has 0 aliphatic carbocycles. The topological polar surface area (TPSA) is 63.1 Å². The molecule has 0 spiro atoms. The molecule has 1 fully saturated rings. The van der Waals surface area contributed by atoms with Crippen molar-refractivity contribution in [2.75, 3.05) is 13.1 Å². The molecule has 22 heavy (non-hydrogen) atoms. The molecule has 7 heteroatoms. The number of hydrogen-bond donors (Lipinski definition) is 1. The third-order valence-electron chi connectivity index (χ3n) is 3.70. The SMILES string of the molecule is CC1CN(C(=O)c2ccc(-n3cncn3)c(F)c2)CC(C)N1. The van der Waals surface area contributed by atoms with Crippen molar-refractivity contribution in [3.63, 3.8) is 0 Å². The number of hydrogen-bond acceptors (Lipinski definition) is 4. The number of piperazine rings is 1. The summed E-state index contributed by atoms with van der Waals surface area (Å²) in [4.78, 5) is 18.1. The lowest BCUT2D eigenvalue weighted by Gasteiger charge is -2.36. The Labute approximate surface area is 128 Å². The highest BCUT2D eigenvalue weighted by atomic mass is 19.1. The highest BCUT2D eigenvalue weighted by molar-refractivity contribution is 5.94. The highest BCUT2D eigenvalue weighted by Crippen LogP contribution is 2.17. The predicted molar refractivity (Wildman–Crippen MR) is 79.3 cm³/mol. The molecule has 1 aliphatic rings. The summed E-state index contributed by atoms with van der Waals surface area (Å²) in [6, 6.07) is 4.89. The van der Waals surface area contributed by atoms with Gasteiger partial charge in [0, 0.05) is 30.7 Å². The number of rotatable bonds is 2. The molecule has 2 aromatic rings. The van der Waals surface area contributed by atoms with E-state index in [9.17, 15) is 9.18 Å². The van der Waals surface area contributed by atoms with E-state index in [2.05, 4.69) is 15.4 Å². The van der Waals surface area contributed by atoms with Gasteiger partial charge in [0.05, 0.1) is 0 Å². The van der Waals surface area contributed by atoms with Gasteiger partial charge < -0.3 is 10.2 Å². The van der Waals surface area contributed by atoms with E-state index in [0.29, 0.717) is 18.7 Å². The number of amides is 1. The monoisotopic (exact) mass is 303 g/mol. The van der Waals surface area contributed by atoms with Gasteiger partial charge in [-0.1, -0.05) is 0 Å². The van der Waals surface area contributed by atoms with Gasteiger partial charge in [0.2, 0.25) is 0 Å². The number of carbonyl (C=O) groups is 1. The quantitative estimate of drug-likeness (QED) is 0.906. The molecule has 0 bridgehead atoms. The minimum atomic E-state index is -0.493. The standard InChI is InChI=1S/C15H18FN5O/c1-10-6-20(7-11(2)19-10)15(22)12-3-4-14(13(16)5-12)21-9-17-8-18-21/h3-5,8-11,19H,6-7H2,1-2H3. The Balaban J connectivity index is 1.83. The summed E-state index contributed by atoms with van der Waals surface area (Å²) >= 11 is 0. The largest absolute Gasteiger partial charge is 0.336 e. The number of nitrogens with zero attached hydrogens (tertiary/aromatic N) is 4. The second-order valence-electron chi connectivity index (χ2n) is 5.69. The maximum atomic E-state index is 14.2. The Morgan fingerprint density at radius 1 is 1.32 bits per heavy atom. The number of carbonyl (C=O) groups excluding carboxylic acids is 1. The first kappa shape index (κ1) is 14.6. The van der Waals surface area contributed by atoms with Gasteiger partial charge in [-0.2, -0.15) is 5.10 Å². The van der Waals surface area contributed by atoms with Crippen molar-refractivity contribution in [3.05, 3.63) is 42.2 Å². The molecule has 1 aromatic heterocycles. The van der Waals surface area contributed by atoms with Crippen molar-refractivity contribution in [2.24, 2.45) is 0 Å². The van der Waals surface area contributed by atoms with Crippen molar-refractivity contribution in [3.8, 4) is 5.69 Å². The fraction of sp³-hybridized carbons (Fsp3) is 0.400. The average Bonchev–Trinajstić information content (AvgIpc) is 2.99. The van der Waals surface area contributed by atoms with Crippen LogP contribution in [0.15, 0.2) is 30.9 Å². The van der Waals surface area contributed by atoms with E-state index in [1.807, 2.05) is 13.8 Å². The van der Waals surface area contributed by atoms with Gasteiger partial charge in [-0.15, -0.1) is 0 Å². The molecule has 2 unspecified atom stereocenters. The van der Waals surface area contributed by atoms with Crippen LogP contribution in [-0.2, 0) is 0 Å². The van der Waals surface area contributed by atoms with Crippen molar-refractivity contribution in [1.29, 1.82) is 0 Å². The van der Waals surface area contributed by atoms with E-state index in [1.54, 1.807) is 17.0 Å². The van der Waals surface area contributed by atoms with Crippen LogP contribution in [0.2, 0.25) is 0 Å². The summed E-state index contributed by atoms with van der Waals surface area (Å²) < 4.78 is 15.6. The van der Waals surface area contributed by atoms with E-state index >= 15 is 0 Å².